The van der Waals surface area contributed by atoms with Crippen molar-refractivity contribution < 1.29 is 5.11 Å². The largest absolute Gasteiger partial charge is 0.393 e. The van der Waals surface area contributed by atoms with Crippen molar-refractivity contribution in [3.05, 3.63) is 11.6 Å². The standard InChI is InChI=1S/C28H48O/c1-18(2)19(3)7-8-20(4)24-11-12-25-23-10-9-21-17-22(29)13-15-27(21,5)26(23)14-16-28(24,25)6/h9,18-20,22-26,29H,7-8,10-17H2,1-6H3/t19-,20-,22?,23-,24?,25-,26-,27-,28+/m0/s1. The summed E-state index contributed by atoms with van der Waals surface area (Å²) in [5.41, 5.74) is 2.59. The summed E-state index contributed by atoms with van der Waals surface area (Å²) in [5, 5.41) is 10.2. The molecular weight excluding hydrogens is 352 g/mol. The molecule has 3 fully saturated rings. The minimum Gasteiger partial charge on any atom is -0.393 e. The first-order valence-electron chi connectivity index (χ1n) is 13.0. The zero-order valence-corrected chi connectivity index (χ0v) is 20.2. The van der Waals surface area contributed by atoms with Crippen LogP contribution in [-0.2, 0) is 0 Å². The van der Waals surface area contributed by atoms with Gasteiger partial charge < -0.3 is 5.11 Å². The molecule has 4 aliphatic carbocycles. The first-order valence-corrected chi connectivity index (χ1v) is 13.0. The minimum atomic E-state index is -0.0790. The van der Waals surface area contributed by atoms with E-state index in [1.807, 2.05) is 0 Å². The van der Waals surface area contributed by atoms with Gasteiger partial charge in [-0.15, -0.1) is 0 Å². The number of fused-ring (bicyclic) bond motifs is 5. The van der Waals surface area contributed by atoms with Crippen LogP contribution in [0, 0.1) is 52.3 Å². The summed E-state index contributed by atoms with van der Waals surface area (Å²) in [6, 6.07) is 0. The van der Waals surface area contributed by atoms with Crippen molar-refractivity contribution in [3.8, 4) is 0 Å². The highest BCUT2D eigenvalue weighted by atomic mass is 16.3. The van der Waals surface area contributed by atoms with Gasteiger partial charge in [0, 0.05) is 0 Å². The lowest BCUT2D eigenvalue weighted by Crippen LogP contribution is -2.50. The number of hydrogen-bond donors (Lipinski definition) is 1. The van der Waals surface area contributed by atoms with Gasteiger partial charge in [0.25, 0.3) is 0 Å². The summed E-state index contributed by atoms with van der Waals surface area (Å²) < 4.78 is 0. The van der Waals surface area contributed by atoms with Gasteiger partial charge in [-0.1, -0.05) is 66.0 Å². The molecule has 0 heterocycles. The highest BCUT2D eigenvalue weighted by Crippen LogP contribution is 2.67. The van der Waals surface area contributed by atoms with E-state index in [1.165, 1.54) is 51.4 Å². The number of hydrogen-bond acceptors (Lipinski definition) is 1. The Morgan fingerprint density at radius 1 is 0.966 bits per heavy atom. The molecule has 0 aromatic carbocycles. The minimum absolute atomic E-state index is 0.0790. The van der Waals surface area contributed by atoms with Crippen LogP contribution in [0.5, 0.6) is 0 Å². The summed E-state index contributed by atoms with van der Waals surface area (Å²) in [6.07, 6.45) is 15.7. The molecule has 2 unspecified atom stereocenters. The third-order valence-corrected chi connectivity index (χ3v) is 11.1. The molecule has 9 atom stereocenters. The highest BCUT2D eigenvalue weighted by molar-refractivity contribution is 5.25. The van der Waals surface area contributed by atoms with E-state index in [0.717, 1.165) is 54.3 Å². The van der Waals surface area contributed by atoms with Crippen LogP contribution in [0.4, 0.5) is 0 Å². The van der Waals surface area contributed by atoms with E-state index in [9.17, 15) is 5.11 Å². The molecule has 1 nitrogen and oxygen atoms in total. The molecule has 29 heavy (non-hydrogen) atoms. The molecule has 0 aliphatic heterocycles. The topological polar surface area (TPSA) is 20.2 Å². The first-order chi connectivity index (χ1) is 13.7. The average molecular weight is 401 g/mol. The van der Waals surface area contributed by atoms with E-state index in [-0.39, 0.29) is 6.10 Å². The predicted molar refractivity (Wildman–Crippen MR) is 124 cm³/mol. The van der Waals surface area contributed by atoms with E-state index in [2.05, 4.69) is 47.6 Å². The second-order valence-electron chi connectivity index (χ2n) is 12.7. The molecule has 4 rings (SSSR count). The van der Waals surface area contributed by atoms with Crippen LogP contribution in [0.1, 0.15) is 106 Å². The second kappa shape index (κ2) is 7.99. The molecular formula is C28H48O. The van der Waals surface area contributed by atoms with Gasteiger partial charge in [0.15, 0.2) is 0 Å². The lowest BCUT2D eigenvalue weighted by Gasteiger charge is -2.58. The van der Waals surface area contributed by atoms with E-state index in [4.69, 9.17) is 0 Å². The van der Waals surface area contributed by atoms with Gasteiger partial charge in [0.05, 0.1) is 6.10 Å². The molecule has 0 bridgehead atoms. The molecule has 0 saturated heterocycles. The number of rotatable bonds is 5. The molecule has 0 amide bonds. The molecule has 0 aromatic heterocycles. The van der Waals surface area contributed by atoms with Crippen LogP contribution in [0.3, 0.4) is 0 Å². The third-order valence-electron chi connectivity index (χ3n) is 11.1. The monoisotopic (exact) mass is 400 g/mol. The van der Waals surface area contributed by atoms with Crippen LogP contribution in [0.15, 0.2) is 11.6 Å². The number of aliphatic hydroxyl groups is 1. The molecule has 0 aromatic rings. The van der Waals surface area contributed by atoms with Crippen molar-refractivity contribution in [2.24, 2.45) is 52.3 Å². The van der Waals surface area contributed by atoms with Crippen molar-refractivity contribution in [1.29, 1.82) is 0 Å². The summed E-state index contributed by atoms with van der Waals surface area (Å²) in [6.45, 7) is 15.1. The Bertz CT molecular complexity index is 620. The number of aliphatic hydroxyl groups excluding tert-OH is 1. The Morgan fingerprint density at radius 2 is 1.72 bits per heavy atom. The smallest absolute Gasteiger partial charge is 0.0577 e. The molecule has 1 heteroatoms. The maximum Gasteiger partial charge on any atom is 0.0577 e. The van der Waals surface area contributed by atoms with Crippen LogP contribution in [-0.4, -0.2) is 11.2 Å². The summed E-state index contributed by atoms with van der Waals surface area (Å²) in [7, 11) is 0. The van der Waals surface area contributed by atoms with E-state index >= 15 is 0 Å². The fourth-order valence-corrected chi connectivity index (χ4v) is 8.68. The molecule has 3 saturated carbocycles. The molecule has 4 aliphatic rings. The SMILES string of the molecule is CC(C)[C@@H](C)CC[C@H](C)C1CC[C@H]2[C@@H]3CC=C4CC(O)CC[C@]4(C)[C@H]3CC[C@]12C. The third kappa shape index (κ3) is 3.66. The van der Waals surface area contributed by atoms with E-state index < -0.39 is 0 Å². The van der Waals surface area contributed by atoms with Gasteiger partial charge in [-0.25, -0.2) is 0 Å². The molecule has 166 valence electrons. The van der Waals surface area contributed by atoms with Gasteiger partial charge in [-0.05, 0) is 104 Å². The van der Waals surface area contributed by atoms with Crippen molar-refractivity contribution >= 4 is 0 Å². The van der Waals surface area contributed by atoms with Gasteiger partial charge in [-0.3, -0.25) is 0 Å². The van der Waals surface area contributed by atoms with E-state index in [1.54, 1.807) is 5.57 Å². The van der Waals surface area contributed by atoms with Crippen molar-refractivity contribution in [3.63, 3.8) is 0 Å². The van der Waals surface area contributed by atoms with Crippen LogP contribution >= 0.6 is 0 Å². The fourth-order valence-electron chi connectivity index (χ4n) is 8.68. The maximum absolute atomic E-state index is 10.2. The Labute approximate surface area is 181 Å². The molecule has 1 N–H and O–H groups in total. The molecule has 0 radical (unpaired) electrons. The lowest BCUT2D eigenvalue weighted by atomic mass is 9.47. The summed E-state index contributed by atoms with van der Waals surface area (Å²) in [5.74, 6) is 6.24. The van der Waals surface area contributed by atoms with E-state index in [0.29, 0.717) is 10.8 Å². The van der Waals surface area contributed by atoms with Crippen molar-refractivity contribution in [2.75, 3.05) is 0 Å². The number of allylic oxidation sites excluding steroid dienone is 1. The van der Waals surface area contributed by atoms with Crippen molar-refractivity contribution in [1.82, 2.24) is 0 Å². The zero-order chi connectivity index (χ0) is 21.0. The van der Waals surface area contributed by atoms with Crippen LogP contribution < -0.4 is 0 Å². The quantitative estimate of drug-likeness (QED) is 0.470. The summed E-state index contributed by atoms with van der Waals surface area (Å²) >= 11 is 0. The van der Waals surface area contributed by atoms with Gasteiger partial charge in [0.1, 0.15) is 0 Å². The predicted octanol–water partition coefficient (Wildman–Crippen LogP) is 7.63. The van der Waals surface area contributed by atoms with Gasteiger partial charge >= 0.3 is 0 Å². The normalized spacial score (nSPS) is 46.5. The van der Waals surface area contributed by atoms with Crippen LogP contribution in [0.25, 0.3) is 0 Å². The first kappa shape index (κ1) is 21.9. The lowest BCUT2D eigenvalue weighted by molar-refractivity contribution is -0.0574. The Hall–Kier alpha value is -0.300. The van der Waals surface area contributed by atoms with Crippen LogP contribution in [0.2, 0.25) is 0 Å². The summed E-state index contributed by atoms with van der Waals surface area (Å²) in [4.78, 5) is 0. The Morgan fingerprint density at radius 3 is 2.45 bits per heavy atom. The average Bonchev–Trinajstić information content (AvgIpc) is 3.03. The fraction of sp³-hybridized carbons (Fsp3) is 0.929. The Balaban J connectivity index is 1.49. The van der Waals surface area contributed by atoms with Gasteiger partial charge in [-0.2, -0.15) is 0 Å². The second-order valence-corrected chi connectivity index (χ2v) is 12.7. The zero-order valence-electron chi connectivity index (χ0n) is 20.2. The maximum atomic E-state index is 10.2. The van der Waals surface area contributed by atoms with Gasteiger partial charge in [0.2, 0.25) is 0 Å². The highest BCUT2D eigenvalue weighted by Gasteiger charge is 2.59. The molecule has 0 spiro atoms. The Kier molecular flexibility index (Phi) is 6.04. The van der Waals surface area contributed by atoms with Crippen molar-refractivity contribution in [2.45, 2.75) is 112 Å².